The van der Waals surface area contributed by atoms with Crippen LogP contribution in [0.15, 0.2) is 42.5 Å². The maximum Gasteiger partial charge on any atom is 0.224 e. The second kappa shape index (κ2) is 11.9. The Morgan fingerprint density at radius 3 is 2.44 bits per heavy atom. The highest BCUT2D eigenvalue weighted by molar-refractivity contribution is 5.78. The molecule has 32 heavy (non-hydrogen) atoms. The molecule has 6 heteroatoms. The summed E-state index contributed by atoms with van der Waals surface area (Å²) in [4.78, 5) is 12.4. The number of hydrogen-bond donors (Lipinski definition) is 5. The summed E-state index contributed by atoms with van der Waals surface area (Å²) in [7, 11) is 0. The molecular formula is C26H36N2O4. The van der Waals surface area contributed by atoms with Gasteiger partial charge in [-0.2, -0.15) is 0 Å². The third-order valence-electron chi connectivity index (χ3n) is 6.18. The van der Waals surface area contributed by atoms with Crippen molar-refractivity contribution in [3.8, 4) is 11.5 Å². The quantitative estimate of drug-likeness (QED) is 0.389. The molecule has 1 aliphatic carbocycles. The zero-order chi connectivity index (χ0) is 22.9. The largest absolute Gasteiger partial charge is 0.508 e. The average molecular weight is 441 g/mol. The fourth-order valence-corrected chi connectivity index (χ4v) is 4.43. The van der Waals surface area contributed by atoms with E-state index in [0.29, 0.717) is 24.4 Å². The van der Waals surface area contributed by atoms with Crippen LogP contribution < -0.4 is 10.6 Å². The number of nitrogens with one attached hydrogen (secondary N) is 2. The first-order valence-corrected chi connectivity index (χ1v) is 11.7. The molecule has 1 saturated carbocycles. The van der Waals surface area contributed by atoms with Crippen LogP contribution in [0.25, 0.3) is 0 Å². The van der Waals surface area contributed by atoms with E-state index in [9.17, 15) is 20.1 Å². The molecule has 1 amide bonds. The lowest BCUT2D eigenvalue weighted by Gasteiger charge is -2.21. The molecule has 0 heterocycles. The summed E-state index contributed by atoms with van der Waals surface area (Å²) in [6, 6.07) is 12.3. The summed E-state index contributed by atoms with van der Waals surface area (Å²) in [5, 5.41) is 35.9. The Bertz CT molecular complexity index is 860. The van der Waals surface area contributed by atoms with E-state index in [4.69, 9.17) is 0 Å². The van der Waals surface area contributed by atoms with E-state index in [1.165, 1.54) is 50.3 Å². The van der Waals surface area contributed by atoms with Crippen molar-refractivity contribution < 1.29 is 20.1 Å². The van der Waals surface area contributed by atoms with Gasteiger partial charge in [0.2, 0.25) is 5.91 Å². The molecule has 0 aliphatic heterocycles. The number of aliphatic hydroxyl groups excluding tert-OH is 1. The van der Waals surface area contributed by atoms with Crippen LogP contribution >= 0.6 is 0 Å². The van der Waals surface area contributed by atoms with Crippen LogP contribution in [0.3, 0.4) is 0 Å². The third-order valence-corrected chi connectivity index (χ3v) is 6.18. The van der Waals surface area contributed by atoms with E-state index >= 15 is 0 Å². The maximum atomic E-state index is 12.4. The zero-order valence-corrected chi connectivity index (χ0v) is 18.9. The van der Waals surface area contributed by atoms with E-state index in [1.54, 1.807) is 0 Å². The summed E-state index contributed by atoms with van der Waals surface area (Å²) in [5.41, 5.74) is 2.60. The van der Waals surface area contributed by atoms with Gasteiger partial charge >= 0.3 is 0 Å². The lowest BCUT2D eigenvalue weighted by atomic mass is 9.89. The predicted octanol–water partition coefficient (Wildman–Crippen LogP) is 3.59. The number of carbonyl (C=O) groups is 1. The van der Waals surface area contributed by atoms with Crippen molar-refractivity contribution in [3.05, 3.63) is 59.2 Å². The predicted molar refractivity (Wildman–Crippen MR) is 126 cm³/mol. The van der Waals surface area contributed by atoms with E-state index in [-0.39, 0.29) is 23.4 Å². The number of rotatable bonds is 10. The minimum absolute atomic E-state index is 0.0771. The number of amides is 1. The fourth-order valence-electron chi connectivity index (χ4n) is 4.43. The Morgan fingerprint density at radius 1 is 1.03 bits per heavy atom. The first kappa shape index (κ1) is 24.1. The van der Waals surface area contributed by atoms with Crippen LogP contribution in [-0.2, 0) is 17.6 Å². The number of aliphatic hydroxyl groups is 1. The zero-order valence-electron chi connectivity index (χ0n) is 18.9. The van der Waals surface area contributed by atoms with Crippen LogP contribution in [0, 0.1) is 5.92 Å². The van der Waals surface area contributed by atoms with Gasteiger partial charge in [0.15, 0.2) is 0 Å². The Kier molecular flexibility index (Phi) is 8.94. The monoisotopic (exact) mass is 440 g/mol. The molecule has 0 saturated heterocycles. The highest BCUT2D eigenvalue weighted by atomic mass is 16.3. The molecular weight excluding hydrogens is 404 g/mol. The van der Waals surface area contributed by atoms with Gasteiger partial charge in [0, 0.05) is 25.2 Å². The summed E-state index contributed by atoms with van der Waals surface area (Å²) in [6.45, 7) is 3.13. The maximum absolute atomic E-state index is 12.4. The molecule has 0 spiro atoms. The Labute approximate surface area is 190 Å². The molecule has 0 radical (unpaired) electrons. The summed E-state index contributed by atoms with van der Waals surface area (Å²) in [5.74, 6) is 0.555. The van der Waals surface area contributed by atoms with Gasteiger partial charge in [0.05, 0.1) is 12.5 Å². The van der Waals surface area contributed by atoms with Crippen molar-refractivity contribution in [1.29, 1.82) is 0 Å². The lowest BCUT2D eigenvalue weighted by molar-refractivity contribution is -0.120. The number of phenolic OH excluding ortho intramolecular Hbond substituents is 2. The minimum atomic E-state index is -0.838. The van der Waals surface area contributed by atoms with Crippen LogP contribution in [0.4, 0.5) is 0 Å². The number of benzene rings is 2. The Morgan fingerprint density at radius 2 is 1.72 bits per heavy atom. The van der Waals surface area contributed by atoms with Gasteiger partial charge in [-0.25, -0.2) is 0 Å². The molecule has 2 aromatic rings. The van der Waals surface area contributed by atoms with Gasteiger partial charge in [0.1, 0.15) is 11.5 Å². The fraction of sp³-hybridized carbons (Fsp3) is 0.500. The van der Waals surface area contributed by atoms with E-state index in [2.05, 4.69) is 16.7 Å². The van der Waals surface area contributed by atoms with Gasteiger partial charge in [-0.05, 0) is 60.9 Å². The van der Waals surface area contributed by atoms with Crippen molar-refractivity contribution >= 4 is 5.91 Å². The second-order valence-corrected chi connectivity index (χ2v) is 9.12. The number of carbonyl (C=O) groups excluding carboxylic acids is 1. The van der Waals surface area contributed by atoms with E-state index in [1.807, 2.05) is 25.1 Å². The molecule has 0 aromatic heterocycles. The highest BCUT2D eigenvalue weighted by Gasteiger charge is 2.15. The summed E-state index contributed by atoms with van der Waals surface area (Å²) in [6.07, 6.45) is 6.64. The summed E-state index contributed by atoms with van der Waals surface area (Å²) < 4.78 is 0. The van der Waals surface area contributed by atoms with E-state index < -0.39 is 6.10 Å². The van der Waals surface area contributed by atoms with Gasteiger partial charge in [-0.15, -0.1) is 0 Å². The third kappa shape index (κ3) is 7.84. The van der Waals surface area contributed by atoms with Crippen molar-refractivity contribution in [2.24, 2.45) is 5.92 Å². The molecule has 0 unspecified atom stereocenters. The van der Waals surface area contributed by atoms with Gasteiger partial charge < -0.3 is 26.0 Å². The first-order valence-electron chi connectivity index (χ1n) is 11.7. The topological polar surface area (TPSA) is 102 Å². The number of phenols is 2. The minimum Gasteiger partial charge on any atom is -0.508 e. The molecule has 5 N–H and O–H groups in total. The van der Waals surface area contributed by atoms with Gasteiger partial charge in [0.25, 0.3) is 0 Å². The normalized spacial score (nSPS) is 16.4. The van der Waals surface area contributed by atoms with Crippen molar-refractivity contribution in [3.63, 3.8) is 0 Å². The highest BCUT2D eigenvalue weighted by Crippen LogP contribution is 2.25. The SMILES string of the molecule is C[C@H](Cc1cccc(CC(=O)NCC2CCCCC2)c1)NC[C@H](O)c1cc(O)cc(O)c1. The number of aromatic hydroxyl groups is 2. The first-order chi connectivity index (χ1) is 15.4. The molecule has 6 nitrogen and oxygen atoms in total. The molecule has 1 fully saturated rings. The van der Waals surface area contributed by atoms with Crippen molar-refractivity contribution in [2.45, 2.75) is 64.0 Å². The molecule has 0 bridgehead atoms. The van der Waals surface area contributed by atoms with E-state index in [0.717, 1.165) is 24.1 Å². The van der Waals surface area contributed by atoms with Gasteiger partial charge in [-0.1, -0.05) is 43.5 Å². The van der Waals surface area contributed by atoms with Crippen LogP contribution in [0.2, 0.25) is 0 Å². The second-order valence-electron chi connectivity index (χ2n) is 9.12. The smallest absolute Gasteiger partial charge is 0.224 e. The van der Waals surface area contributed by atoms with Crippen LogP contribution in [0.5, 0.6) is 11.5 Å². The Balaban J connectivity index is 1.44. The standard InChI is InChI=1S/C26H36N2O4/c1-18(27-17-25(31)22-13-23(29)15-24(30)14-22)10-20-8-5-9-21(11-20)12-26(32)28-16-19-6-3-2-4-7-19/h5,8-9,11,13-15,18-19,25,27,29-31H,2-4,6-7,10,12,16-17H2,1H3,(H,28,32)/t18-,25+/m1/s1. The van der Waals surface area contributed by atoms with Crippen molar-refractivity contribution in [2.75, 3.05) is 13.1 Å². The van der Waals surface area contributed by atoms with Crippen LogP contribution in [0.1, 0.15) is 61.8 Å². The molecule has 174 valence electrons. The molecule has 2 aromatic carbocycles. The molecule has 2 atom stereocenters. The number of hydrogen-bond acceptors (Lipinski definition) is 5. The van der Waals surface area contributed by atoms with Crippen molar-refractivity contribution in [1.82, 2.24) is 10.6 Å². The lowest BCUT2D eigenvalue weighted by Crippen LogP contribution is -2.32. The Hall–Kier alpha value is -2.57. The van der Waals surface area contributed by atoms with Crippen LogP contribution in [-0.4, -0.2) is 40.4 Å². The molecule has 1 aliphatic rings. The average Bonchev–Trinajstić information content (AvgIpc) is 2.76. The summed E-state index contributed by atoms with van der Waals surface area (Å²) >= 11 is 0. The molecule has 3 rings (SSSR count). The van der Waals surface area contributed by atoms with Gasteiger partial charge in [-0.3, -0.25) is 4.79 Å².